The van der Waals surface area contributed by atoms with Gasteiger partial charge >= 0.3 is 0 Å². The van der Waals surface area contributed by atoms with Crippen LogP contribution in [-0.4, -0.2) is 28.4 Å². The Bertz CT molecular complexity index is 1710. The second-order valence-corrected chi connectivity index (χ2v) is 9.86. The van der Waals surface area contributed by atoms with E-state index in [4.69, 9.17) is 18.9 Å². The molecule has 0 radical (unpaired) electrons. The highest BCUT2D eigenvalue weighted by Gasteiger charge is 2.27. The predicted molar refractivity (Wildman–Crippen MR) is 164 cm³/mol. The fourth-order valence-electron chi connectivity index (χ4n) is 5.79. The van der Waals surface area contributed by atoms with Crippen LogP contribution in [0, 0.1) is 0 Å². The number of aryl methyl sites for hydroxylation is 1. The lowest BCUT2D eigenvalue weighted by Crippen LogP contribution is -2.04. The highest BCUT2D eigenvalue weighted by molar-refractivity contribution is 6.08. The summed E-state index contributed by atoms with van der Waals surface area (Å²) in [5.74, 6) is 3.28. The average Bonchev–Trinajstić information content (AvgIpc) is 3.03. The molecule has 0 aliphatic heterocycles. The standard InChI is InChI=1S/C36H32O4/c1-37-27-17-13-23(14-18-27)31-21-25-9-5-7-11-29(25)33(35(31)39-3)34-30-12-8-6-10-26(30)22-32(36(34)40-4)24-15-19-28(38-2)20-16-24/h5,7-9,11-22H,6,10H2,1-4H3. The van der Waals surface area contributed by atoms with Crippen molar-refractivity contribution in [2.45, 2.75) is 12.8 Å². The molecule has 6 rings (SSSR count). The SMILES string of the molecule is COc1ccc(-c2cc3c(c(-c4c(OC)c(-c5ccc(OC)cc5)cc5ccccc45)c2OC)C=CCC3)cc1. The molecule has 0 amide bonds. The summed E-state index contributed by atoms with van der Waals surface area (Å²) in [6.07, 6.45) is 6.46. The Morgan fingerprint density at radius 3 is 1.75 bits per heavy atom. The molecule has 0 fully saturated rings. The van der Waals surface area contributed by atoms with Crippen LogP contribution in [0.4, 0.5) is 0 Å². The van der Waals surface area contributed by atoms with Crippen LogP contribution < -0.4 is 18.9 Å². The van der Waals surface area contributed by atoms with Gasteiger partial charge in [-0.2, -0.15) is 0 Å². The molecular weight excluding hydrogens is 496 g/mol. The van der Waals surface area contributed by atoms with Crippen molar-refractivity contribution in [2.75, 3.05) is 28.4 Å². The van der Waals surface area contributed by atoms with Gasteiger partial charge in [-0.05, 0) is 82.3 Å². The Morgan fingerprint density at radius 2 is 1.15 bits per heavy atom. The first-order chi connectivity index (χ1) is 19.7. The monoisotopic (exact) mass is 528 g/mol. The minimum Gasteiger partial charge on any atom is -0.497 e. The minimum atomic E-state index is 0.815. The smallest absolute Gasteiger partial charge is 0.135 e. The van der Waals surface area contributed by atoms with Gasteiger partial charge in [0, 0.05) is 22.3 Å². The van der Waals surface area contributed by atoms with Gasteiger partial charge in [0.25, 0.3) is 0 Å². The molecule has 1 aliphatic rings. The molecule has 0 atom stereocenters. The van der Waals surface area contributed by atoms with E-state index in [1.807, 2.05) is 24.3 Å². The first-order valence-corrected chi connectivity index (χ1v) is 13.5. The topological polar surface area (TPSA) is 36.9 Å². The van der Waals surface area contributed by atoms with Crippen molar-refractivity contribution in [3.05, 3.63) is 102 Å². The second kappa shape index (κ2) is 10.8. The summed E-state index contributed by atoms with van der Waals surface area (Å²) in [6.45, 7) is 0. The number of hydrogen-bond donors (Lipinski definition) is 0. The molecule has 200 valence electrons. The molecular formula is C36H32O4. The molecule has 40 heavy (non-hydrogen) atoms. The quantitative estimate of drug-likeness (QED) is 0.211. The van der Waals surface area contributed by atoms with Gasteiger partial charge in [-0.1, -0.05) is 60.7 Å². The zero-order chi connectivity index (χ0) is 27.6. The van der Waals surface area contributed by atoms with Gasteiger partial charge in [0.15, 0.2) is 0 Å². The van der Waals surface area contributed by atoms with E-state index < -0.39 is 0 Å². The molecule has 0 saturated heterocycles. The second-order valence-electron chi connectivity index (χ2n) is 9.86. The largest absolute Gasteiger partial charge is 0.497 e. The number of fused-ring (bicyclic) bond motifs is 2. The molecule has 0 heterocycles. The molecule has 5 aromatic carbocycles. The summed E-state index contributed by atoms with van der Waals surface area (Å²) < 4.78 is 23.4. The van der Waals surface area contributed by atoms with Crippen LogP contribution in [0.15, 0.2) is 91.0 Å². The molecule has 0 spiro atoms. The summed E-state index contributed by atoms with van der Waals surface area (Å²) in [6, 6.07) is 29.3. The average molecular weight is 529 g/mol. The lowest BCUT2D eigenvalue weighted by molar-refractivity contribution is 0.412. The van der Waals surface area contributed by atoms with E-state index in [-0.39, 0.29) is 0 Å². The van der Waals surface area contributed by atoms with Crippen molar-refractivity contribution < 1.29 is 18.9 Å². The molecule has 0 unspecified atom stereocenters. The summed E-state index contributed by atoms with van der Waals surface area (Å²) in [5.41, 5.74) is 8.75. The molecule has 0 N–H and O–H groups in total. The Balaban J connectivity index is 1.72. The number of benzene rings is 5. The van der Waals surface area contributed by atoms with Crippen LogP contribution >= 0.6 is 0 Å². The van der Waals surface area contributed by atoms with E-state index in [0.717, 1.165) is 80.0 Å². The van der Waals surface area contributed by atoms with Gasteiger partial charge in [0.1, 0.15) is 23.0 Å². The molecule has 0 aromatic heterocycles. The van der Waals surface area contributed by atoms with Gasteiger partial charge < -0.3 is 18.9 Å². The van der Waals surface area contributed by atoms with Crippen LogP contribution in [0.5, 0.6) is 23.0 Å². The Hall–Kier alpha value is -4.70. The zero-order valence-corrected chi connectivity index (χ0v) is 23.3. The summed E-state index contributed by atoms with van der Waals surface area (Å²) in [7, 11) is 6.88. The maximum Gasteiger partial charge on any atom is 0.135 e. The predicted octanol–water partition coefficient (Wildman–Crippen LogP) is 8.83. The van der Waals surface area contributed by atoms with Gasteiger partial charge in [0.05, 0.1) is 28.4 Å². The maximum atomic E-state index is 6.30. The fraction of sp³-hybridized carbons (Fsp3) is 0.167. The number of ether oxygens (including phenoxy) is 4. The molecule has 5 aromatic rings. The summed E-state index contributed by atoms with van der Waals surface area (Å²) in [4.78, 5) is 0. The van der Waals surface area contributed by atoms with E-state index in [9.17, 15) is 0 Å². The third kappa shape index (κ3) is 4.36. The normalized spacial score (nSPS) is 12.2. The number of rotatable bonds is 7. The van der Waals surface area contributed by atoms with Gasteiger partial charge in [-0.3, -0.25) is 0 Å². The lowest BCUT2D eigenvalue weighted by Gasteiger charge is -2.25. The number of methoxy groups -OCH3 is 4. The zero-order valence-electron chi connectivity index (χ0n) is 23.3. The minimum absolute atomic E-state index is 0.815. The van der Waals surface area contributed by atoms with Gasteiger partial charge in [-0.15, -0.1) is 0 Å². The van der Waals surface area contributed by atoms with Crippen molar-refractivity contribution in [3.63, 3.8) is 0 Å². The Labute approximate surface area is 235 Å². The van der Waals surface area contributed by atoms with Crippen molar-refractivity contribution in [1.29, 1.82) is 0 Å². The summed E-state index contributed by atoms with van der Waals surface area (Å²) >= 11 is 0. The molecule has 4 heteroatoms. The van der Waals surface area contributed by atoms with E-state index in [1.165, 1.54) is 11.1 Å². The Morgan fingerprint density at radius 1 is 0.575 bits per heavy atom. The summed E-state index contributed by atoms with van der Waals surface area (Å²) in [5, 5.41) is 2.25. The van der Waals surface area contributed by atoms with Crippen LogP contribution in [0.25, 0.3) is 50.2 Å². The number of hydrogen-bond acceptors (Lipinski definition) is 4. The third-order valence-corrected chi connectivity index (χ3v) is 7.73. The van der Waals surface area contributed by atoms with Crippen molar-refractivity contribution in [2.24, 2.45) is 0 Å². The van der Waals surface area contributed by atoms with Crippen LogP contribution in [0.2, 0.25) is 0 Å². The lowest BCUT2D eigenvalue weighted by atomic mass is 9.82. The first kappa shape index (κ1) is 25.6. The van der Waals surface area contributed by atoms with Crippen molar-refractivity contribution in [1.82, 2.24) is 0 Å². The number of allylic oxidation sites excluding steroid dienone is 1. The van der Waals surface area contributed by atoms with E-state index in [0.29, 0.717) is 0 Å². The highest BCUT2D eigenvalue weighted by Crippen LogP contribution is 2.52. The van der Waals surface area contributed by atoms with E-state index in [1.54, 1.807) is 28.4 Å². The van der Waals surface area contributed by atoms with Crippen LogP contribution in [0.1, 0.15) is 17.5 Å². The molecule has 0 bridgehead atoms. The highest BCUT2D eigenvalue weighted by atomic mass is 16.5. The van der Waals surface area contributed by atoms with Crippen LogP contribution in [-0.2, 0) is 6.42 Å². The van der Waals surface area contributed by atoms with Crippen LogP contribution in [0.3, 0.4) is 0 Å². The van der Waals surface area contributed by atoms with Gasteiger partial charge in [-0.25, -0.2) is 0 Å². The molecule has 1 aliphatic carbocycles. The van der Waals surface area contributed by atoms with E-state index in [2.05, 4.69) is 72.8 Å². The van der Waals surface area contributed by atoms with Gasteiger partial charge in [0.2, 0.25) is 0 Å². The Kier molecular flexibility index (Phi) is 6.91. The third-order valence-electron chi connectivity index (χ3n) is 7.73. The molecule has 0 saturated carbocycles. The fourth-order valence-corrected chi connectivity index (χ4v) is 5.79. The maximum absolute atomic E-state index is 6.30. The molecule has 4 nitrogen and oxygen atoms in total. The van der Waals surface area contributed by atoms with Crippen molar-refractivity contribution in [3.8, 4) is 56.4 Å². The first-order valence-electron chi connectivity index (χ1n) is 13.5. The van der Waals surface area contributed by atoms with E-state index >= 15 is 0 Å². The van der Waals surface area contributed by atoms with Crippen molar-refractivity contribution >= 4 is 16.8 Å².